The zero-order valence-corrected chi connectivity index (χ0v) is 11.4. The third-order valence-corrected chi connectivity index (χ3v) is 3.25. The molecule has 0 radical (unpaired) electrons. The second-order valence-corrected chi connectivity index (χ2v) is 4.68. The van der Waals surface area contributed by atoms with Crippen molar-refractivity contribution in [2.75, 3.05) is 13.2 Å². The molecule has 1 aromatic heterocycles. The van der Waals surface area contributed by atoms with Crippen molar-refractivity contribution in [3.8, 4) is 5.75 Å². The average molecular weight is 324 g/mol. The molecule has 114 valence electrons. The summed E-state index contributed by atoms with van der Waals surface area (Å²) >= 11 is 0. The summed E-state index contributed by atoms with van der Waals surface area (Å²) in [5.41, 5.74) is 0.360. The molecule has 2 aromatic carbocycles. The molecule has 3 aromatic rings. The number of aliphatic hydroxyl groups excluding tert-OH is 1. The first-order valence-corrected chi connectivity index (χ1v) is 6.58. The van der Waals surface area contributed by atoms with E-state index in [1.165, 1.54) is 18.2 Å². The molecule has 3 rings (SSSR count). The second-order valence-electron chi connectivity index (χ2n) is 4.68. The number of carbonyl (C=O) groups is 1. The van der Waals surface area contributed by atoms with Gasteiger partial charge in [-0.1, -0.05) is 0 Å². The van der Waals surface area contributed by atoms with Crippen LogP contribution < -0.4 is 10.2 Å². The standard InChI is InChI=1S/C16H12O6.Na.H/c17-5-6-21-10-2-4-13-12(8-10)15(18)11-3-1-9(16(19)20)7-14(11)22-13;;/h1-4,7-8,17H,5-6H2,(H,19,20);;. The fourth-order valence-corrected chi connectivity index (χ4v) is 2.22. The molecule has 0 amide bonds. The van der Waals surface area contributed by atoms with Crippen molar-refractivity contribution in [3.05, 3.63) is 52.2 Å². The van der Waals surface area contributed by atoms with E-state index in [-0.39, 0.29) is 59.3 Å². The molecule has 0 aliphatic heterocycles. The second kappa shape index (κ2) is 7.14. The Kier molecular flexibility index (Phi) is 5.43. The van der Waals surface area contributed by atoms with Crippen molar-refractivity contribution in [1.29, 1.82) is 0 Å². The van der Waals surface area contributed by atoms with Crippen LogP contribution in [-0.2, 0) is 0 Å². The SMILES string of the molecule is O=C(O)c1ccc2c(=O)c3cc(OCCO)ccc3oc2c1.[NaH]. The number of benzene rings is 2. The van der Waals surface area contributed by atoms with E-state index in [4.69, 9.17) is 19.4 Å². The van der Waals surface area contributed by atoms with Crippen LogP contribution in [0.25, 0.3) is 21.9 Å². The number of ether oxygens (including phenoxy) is 1. The molecule has 6 nitrogen and oxygen atoms in total. The molecule has 2 N–H and O–H groups in total. The van der Waals surface area contributed by atoms with E-state index in [2.05, 4.69) is 0 Å². The summed E-state index contributed by atoms with van der Waals surface area (Å²) in [4.78, 5) is 23.5. The summed E-state index contributed by atoms with van der Waals surface area (Å²) in [6.07, 6.45) is 0. The molecule has 0 saturated carbocycles. The van der Waals surface area contributed by atoms with Crippen molar-refractivity contribution in [1.82, 2.24) is 0 Å². The van der Waals surface area contributed by atoms with Gasteiger partial charge in [-0.2, -0.15) is 0 Å². The van der Waals surface area contributed by atoms with E-state index in [0.29, 0.717) is 22.1 Å². The van der Waals surface area contributed by atoms with Gasteiger partial charge in [0.05, 0.1) is 22.9 Å². The van der Waals surface area contributed by atoms with Crippen molar-refractivity contribution >= 4 is 57.5 Å². The van der Waals surface area contributed by atoms with Gasteiger partial charge in [0.1, 0.15) is 23.5 Å². The molecule has 0 saturated heterocycles. The van der Waals surface area contributed by atoms with Gasteiger partial charge in [0.2, 0.25) is 5.43 Å². The van der Waals surface area contributed by atoms with Crippen LogP contribution in [0.15, 0.2) is 45.6 Å². The predicted molar refractivity (Wildman–Crippen MR) is 86.7 cm³/mol. The Bertz CT molecular complexity index is 931. The molecule has 0 bridgehead atoms. The first kappa shape index (κ1) is 17.5. The topological polar surface area (TPSA) is 97.0 Å². The number of carboxylic acid groups (broad SMARTS) is 1. The fourth-order valence-electron chi connectivity index (χ4n) is 2.22. The molecule has 1 heterocycles. The third-order valence-electron chi connectivity index (χ3n) is 3.25. The summed E-state index contributed by atoms with van der Waals surface area (Å²) < 4.78 is 10.9. The number of carboxylic acids is 1. The first-order chi connectivity index (χ1) is 10.6. The van der Waals surface area contributed by atoms with Gasteiger partial charge in [-0.3, -0.25) is 4.79 Å². The van der Waals surface area contributed by atoms with Crippen LogP contribution in [0.2, 0.25) is 0 Å². The summed E-state index contributed by atoms with van der Waals surface area (Å²) in [5.74, 6) is -0.632. The summed E-state index contributed by atoms with van der Waals surface area (Å²) in [5, 5.41) is 18.4. The monoisotopic (exact) mass is 324 g/mol. The maximum atomic E-state index is 12.5. The van der Waals surface area contributed by atoms with Crippen LogP contribution in [0.3, 0.4) is 0 Å². The van der Waals surface area contributed by atoms with Gasteiger partial charge in [-0.25, -0.2) is 4.79 Å². The zero-order chi connectivity index (χ0) is 15.7. The van der Waals surface area contributed by atoms with E-state index in [9.17, 15) is 9.59 Å². The summed E-state index contributed by atoms with van der Waals surface area (Å²) in [6, 6.07) is 8.87. The van der Waals surface area contributed by atoms with Crippen molar-refractivity contribution < 1.29 is 24.2 Å². The number of aliphatic hydroxyl groups is 1. The summed E-state index contributed by atoms with van der Waals surface area (Å²) in [7, 11) is 0. The van der Waals surface area contributed by atoms with Crippen molar-refractivity contribution in [2.24, 2.45) is 0 Å². The molecule has 7 heteroatoms. The van der Waals surface area contributed by atoms with Gasteiger partial charge in [-0.15, -0.1) is 0 Å². The van der Waals surface area contributed by atoms with Gasteiger partial charge in [-0.05, 0) is 36.4 Å². The van der Waals surface area contributed by atoms with E-state index >= 15 is 0 Å². The summed E-state index contributed by atoms with van der Waals surface area (Å²) in [6.45, 7) is 0.00865. The average Bonchev–Trinajstić information content (AvgIpc) is 2.52. The third kappa shape index (κ3) is 3.40. The van der Waals surface area contributed by atoms with Crippen LogP contribution in [-0.4, -0.2) is 59.0 Å². The quantitative estimate of drug-likeness (QED) is 0.556. The normalized spacial score (nSPS) is 10.5. The van der Waals surface area contributed by atoms with Gasteiger partial charge >= 0.3 is 35.5 Å². The fraction of sp³-hybridized carbons (Fsp3) is 0.125. The molecule has 0 atom stereocenters. The molecule has 0 aliphatic rings. The number of aromatic carboxylic acids is 1. The minimum atomic E-state index is -1.09. The molecular formula is C16H13NaO6. The van der Waals surface area contributed by atoms with E-state index in [0.717, 1.165) is 0 Å². The maximum absolute atomic E-state index is 12.5. The first-order valence-electron chi connectivity index (χ1n) is 6.58. The van der Waals surface area contributed by atoms with E-state index in [1.54, 1.807) is 18.2 Å². The van der Waals surface area contributed by atoms with Gasteiger partial charge in [0, 0.05) is 0 Å². The van der Waals surface area contributed by atoms with Crippen LogP contribution in [0, 0.1) is 0 Å². The molecule has 0 unspecified atom stereocenters. The van der Waals surface area contributed by atoms with E-state index < -0.39 is 5.97 Å². The van der Waals surface area contributed by atoms with Crippen molar-refractivity contribution in [2.45, 2.75) is 0 Å². The molecule has 0 spiro atoms. The molecular weight excluding hydrogens is 311 g/mol. The van der Waals surface area contributed by atoms with Gasteiger partial charge in [0.25, 0.3) is 0 Å². The number of fused-ring (bicyclic) bond motifs is 2. The van der Waals surface area contributed by atoms with Crippen LogP contribution in [0.5, 0.6) is 5.75 Å². The molecule has 0 aliphatic carbocycles. The number of hydrogen-bond donors (Lipinski definition) is 2. The van der Waals surface area contributed by atoms with E-state index in [1.807, 2.05) is 0 Å². The molecule has 0 fully saturated rings. The Hall–Kier alpha value is -1.86. The van der Waals surface area contributed by atoms with Gasteiger partial charge < -0.3 is 19.4 Å². The Morgan fingerprint density at radius 3 is 2.57 bits per heavy atom. The van der Waals surface area contributed by atoms with Crippen molar-refractivity contribution in [3.63, 3.8) is 0 Å². The Labute approximate surface area is 152 Å². The minimum absolute atomic E-state index is 0. The Balaban J connectivity index is 0.00000192. The Morgan fingerprint density at radius 1 is 1.09 bits per heavy atom. The van der Waals surface area contributed by atoms with Crippen LogP contribution in [0.1, 0.15) is 10.4 Å². The van der Waals surface area contributed by atoms with Crippen LogP contribution >= 0.6 is 0 Å². The zero-order valence-electron chi connectivity index (χ0n) is 11.4. The predicted octanol–water partition coefficient (Wildman–Crippen LogP) is 1.37. The molecule has 23 heavy (non-hydrogen) atoms. The van der Waals surface area contributed by atoms with Gasteiger partial charge in [0.15, 0.2) is 0 Å². The number of hydrogen-bond acceptors (Lipinski definition) is 5. The van der Waals surface area contributed by atoms with Crippen LogP contribution in [0.4, 0.5) is 0 Å². The number of rotatable bonds is 4. The Morgan fingerprint density at radius 2 is 1.87 bits per heavy atom.